The van der Waals surface area contributed by atoms with Crippen LogP contribution in [-0.4, -0.2) is 46.9 Å². The second-order valence-electron chi connectivity index (χ2n) is 18.6. The lowest BCUT2D eigenvalue weighted by Crippen LogP contribution is -2.46. The molecule has 3 unspecified atom stereocenters. The van der Waals surface area contributed by atoms with Gasteiger partial charge < -0.3 is 20.3 Å². The van der Waals surface area contributed by atoms with Gasteiger partial charge in [0.15, 0.2) is 0 Å². The average Bonchev–Trinajstić information content (AvgIpc) is 3.23. The first-order valence-electron chi connectivity index (χ1n) is 26.8. The number of unbranched alkanes of at least 4 members (excludes halogenated alkanes) is 37. The highest BCUT2D eigenvalue weighted by atomic mass is 16.5. The van der Waals surface area contributed by atoms with Crippen molar-refractivity contribution in [1.29, 1.82) is 0 Å². The fourth-order valence-corrected chi connectivity index (χ4v) is 8.61. The summed E-state index contributed by atoms with van der Waals surface area (Å²) >= 11 is 0. The third-order valence-corrected chi connectivity index (χ3v) is 12.7. The molecule has 59 heavy (non-hydrogen) atoms. The molecule has 0 aromatic rings. The lowest BCUT2D eigenvalue weighted by atomic mass is 10.0. The molecule has 0 aromatic carbocycles. The van der Waals surface area contributed by atoms with Gasteiger partial charge in [-0.3, -0.25) is 9.59 Å². The summed E-state index contributed by atoms with van der Waals surface area (Å²) in [5.74, 6) is -0.451. The second kappa shape index (κ2) is 47.9. The summed E-state index contributed by atoms with van der Waals surface area (Å²) in [7, 11) is 0. The van der Waals surface area contributed by atoms with E-state index >= 15 is 0 Å². The Morgan fingerprint density at radius 3 is 1.03 bits per heavy atom. The van der Waals surface area contributed by atoms with Crippen LogP contribution < -0.4 is 5.32 Å². The van der Waals surface area contributed by atoms with Crippen molar-refractivity contribution in [2.24, 2.45) is 0 Å². The molecule has 0 saturated carbocycles. The number of rotatable bonds is 49. The number of carbonyl (C=O) groups excluding carboxylic acids is 2. The number of carbonyl (C=O) groups is 2. The van der Waals surface area contributed by atoms with Crippen LogP contribution in [0.25, 0.3) is 0 Å². The normalized spacial score (nSPS) is 13.1. The van der Waals surface area contributed by atoms with Gasteiger partial charge in [-0.1, -0.05) is 265 Å². The third kappa shape index (κ3) is 43.3. The van der Waals surface area contributed by atoms with Crippen LogP contribution in [0, 0.1) is 0 Å². The maximum absolute atomic E-state index is 13.2. The molecule has 0 aromatic heterocycles. The number of esters is 1. The van der Waals surface area contributed by atoms with Crippen molar-refractivity contribution in [3.8, 4) is 0 Å². The summed E-state index contributed by atoms with van der Waals surface area (Å²) in [6, 6.07) is -0.692. The van der Waals surface area contributed by atoms with Crippen LogP contribution in [0.2, 0.25) is 0 Å². The maximum Gasteiger partial charge on any atom is 0.306 e. The predicted molar refractivity (Wildman–Crippen MR) is 255 cm³/mol. The number of aliphatic hydroxyl groups excluding tert-OH is 2. The Labute approximate surface area is 368 Å². The van der Waals surface area contributed by atoms with Crippen LogP contribution in [0.1, 0.15) is 303 Å². The van der Waals surface area contributed by atoms with Crippen LogP contribution in [0.5, 0.6) is 0 Å². The number of hydrogen-bond acceptors (Lipinski definition) is 5. The van der Waals surface area contributed by atoms with Gasteiger partial charge in [0.1, 0.15) is 6.10 Å². The zero-order valence-electron chi connectivity index (χ0n) is 40.2. The van der Waals surface area contributed by atoms with Crippen molar-refractivity contribution < 1.29 is 24.5 Å². The number of hydrogen-bond donors (Lipinski definition) is 3. The topological polar surface area (TPSA) is 95.9 Å². The van der Waals surface area contributed by atoms with E-state index in [1.54, 1.807) is 0 Å². The molecule has 0 radical (unpaired) electrons. The van der Waals surface area contributed by atoms with Crippen molar-refractivity contribution in [2.75, 3.05) is 6.61 Å². The standard InChI is InChI=1S/C53H105NO5/c1-4-7-10-13-16-19-22-24-26-28-31-33-36-39-42-45-51(56)50(48-55)54-52(57)47-49(44-41-38-35-32-30-27-25-23-20-17-14-11-8-5-2)59-53(58)46-43-40-37-34-29-21-18-15-12-9-6-3/h49-51,55-56H,4-48H2,1-3H3,(H,54,57). The maximum atomic E-state index is 13.2. The SMILES string of the molecule is CCCCCCCCCCCCCCCCCC(O)C(CO)NC(=O)CC(CCCCCCCCCCCCCCCC)OC(=O)CCCCCCCCCCCCC. The van der Waals surface area contributed by atoms with Crippen molar-refractivity contribution in [1.82, 2.24) is 5.32 Å². The fourth-order valence-electron chi connectivity index (χ4n) is 8.61. The van der Waals surface area contributed by atoms with Gasteiger partial charge in [-0.25, -0.2) is 0 Å². The van der Waals surface area contributed by atoms with Gasteiger partial charge in [0.25, 0.3) is 0 Å². The molecule has 0 aliphatic heterocycles. The van der Waals surface area contributed by atoms with E-state index in [9.17, 15) is 19.8 Å². The highest BCUT2D eigenvalue weighted by molar-refractivity contribution is 5.77. The minimum atomic E-state index is -0.779. The van der Waals surface area contributed by atoms with Gasteiger partial charge in [0, 0.05) is 6.42 Å². The fraction of sp³-hybridized carbons (Fsp3) is 0.962. The smallest absolute Gasteiger partial charge is 0.306 e. The Balaban J connectivity index is 4.48. The van der Waals surface area contributed by atoms with Crippen LogP contribution in [0.3, 0.4) is 0 Å². The molecule has 0 fully saturated rings. The zero-order valence-corrected chi connectivity index (χ0v) is 40.2. The van der Waals surface area contributed by atoms with Gasteiger partial charge in [-0.15, -0.1) is 0 Å². The molecule has 0 bridgehead atoms. The largest absolute Gasteiger partial charge is 0.462 e. The Bertz CT molecular complexity index is 852. The highest BCUT2D eigenvalue weighted by Gasteiger charge is 2.24. The van der Waals surface area contributed by atoms with Gasteiger partial charge in [-0.05, 0) is 25.7 Å². The van der Waals surface area contributed by atoms with Crippen LogP contribution in [0.15, 0.2) is 0 Å². The summed E-state index contributed by atoms with van der Waals surface area (Å²) in [6.07, 6.45) is 51.6. The molecule has 3 atom stereocenters. The second-order valence-corrected chi connectivity index (χ2v) is 18.6. The molecular formula is C53H105NO5. The molecule has 0 aliphatic carbocycles. The molecule has 3 N–H and O–H groups in total. The molecule has 0 rings (SSSR count). The van der Waals surface area contributed by atoms with Gasteiger partial charge >= 0.3 is 5.97 Å². The van der Waals surface area contributed by atoms with E-state index in [0.29, 0.717) is 19.3 Å². The van der Waals surface area contributed by atoms with Gasteiger partial charge in [0.05, 0.1) is 25.2 Å². The minimum Gasteiger partial charge on any atom is -0.462 e. The van der Waals surface area contributed by atoms with E-state index in [1.807, 2.05) is 0 Å². The number of ether oxygens (including phenoxy) is 1. The Kier molecular flexibility index (Phi) is 47.0. The Morgan fingerprint density at radius 1 is 0.424 bits per heavy atom. The minimum absolute atomic E-state index is 0.0879. The number of nitrogens with one attached hydrogen (secondary N) is 1. The molecule has 6 nitrogen and oxygen atoms in total. The summed E-state index contributed by atoms with van der Waals surface area (Å²) in [6.45, 7) is 6.51. The quantitative estimate of drug-likeness (QED) is 0.0419. The average molecular weight is 836 g/mol. The molecule has 0 heterocycles. The van der Waals surface area contributed by atoms with Gasteiger partial charge in [-0.2, -0.15) is 0 Å². The van der Waals surface area contributed by atoms with Crippen molar-refractivity contribution in [2.45, 2.75) is 322 Å². The van der Waals surface area contributed by atoms with Crippen LogP contribution >= 0.6 is 0 Å². The third-order valence-electron chi connectivity index (χ3n) is 12.7. The summed E-state index contributed by atoms with van der Waals surface area (Å²) in [4.78, 5) is 26.1. The Morgan fingerprint density at radius 2 is 0.712 bits per heavy atom. The molecule has 0 aliphatic rings. The van der Waals surface area contributed by atoms with E-state index in [4.69, 9.17) is 4.74 Å². The molecule has 1 amide bonds. The van der Waals surface area contributed by atoms with Crippen LogP contribution in [0.4, 0.5) is 0 Å². The molecule has 6 heteroatoms. The van der Waals surface area contributed by atoms with E-state index in [0.717, 1.165) is 44.9 Å². The Hall–Kier alpha value is -1.14. The molecule has 0 spiro atoms. The lowest BCUT2D eigenvalue weighted by molar-refractivity contribution is -0.151. The molecular weight excluding hydrogens is 731 g/mol. The summed E-state index contributed by atoms with van der Waals surface area (Å²) in [5.41, 5.74) is 0. The number of aliphatic hydroxyl groups is 2. The highest BCUT2D eigenvalue weighted by Crippen LogP contribution is 2.19. The monoisotopic (exact) mass is 836 g/mol. The molecule has 352 valence electrons. The van der Waals surface area contributed by atoms with Crippen LogP contribution in [-0.2, 0) is 14.3 Å². The van der Waals surface area contributed by atoms with E-state index in [-0.39, 0.29) is 24.9 Å². The summed E-state index contributed by atoms with van der Waals surface area (Å²) < 4.78 is 5.94. The molecule has 0 saturated heterocycles. The first-order valence-corrected chi connectivity index (χ1v) is 26.8. The van der Waals surface area contributed by atoms with Gasteiger partial charge in [0.2, 0.25) is 5.91 Å². The van der Waals surface area contributed by atoms with Crippen molar-refractivity contribution in [3.63, 3.8) is 0 Å². The zero-order chi connectivity index (χ0) is 43.1. The van der Waals surface area contributed by atoms with E-state index in [1.165, 1.54) is 212 Å². The lowest BCUT2D eigenvalue weighted by Gasteiger charge is -2.24. The van der Waals surface area contributed by atoms with E-state index in [2.05, 4.69) is 26.1 Å². The van der Waals surface area contributed by atoms with Crippen molar-refractivity contribution in [3.05, 3.63) is 0 Å². The summed E-state index contributed by atoms with van der Waals surface area (Å²) in [5, 5.41) is 23.8. The number of amides is 1. The predicted octanol–water partition coefficient (Wildman–Crippen LogP) is 16.0. The van der Waals surface area contributed by atoms with E-state index < -0.39 is 18.2 Å². The van der Waals surface area contributed by atoms with Crippen molar-refractivity contribution >= 4 is 11.9 Å². The first kappa shape index (κ1) is 57.9. The first-order chi connectivity index (χ1) is 29.0.